The highest BCUT2D eigenvalue weighted by atomic mass is 16.6. The van der Waals surface area contributed by atoms with E-state index >= 15 is 0 Å². The zero-order valence-corrected chi connectivity index (χ0v) is 11.2. The predicted octanol–water partition coefficient (Wildman–Crippen LogP) is 1.97. The first-order valence-electron chi connectivity index (χ1n) is 6.16. The molecule has 0 aliphatic carbocycles. The van der Waals surface area contributed by atoms with Crippen LogP contribution in [0.5, 0.6) is 0 Å². The van der Waals surface area contributed by atoms with E-state index in [1.807, 2.05) is 6.92 Å². The largest absolute Gasteiger partial charge is 0.354 e. The molecule has 0 atom stereocenters. The van der Waals surface area contributed by atoms with Crippen LogP contribution in [0.3, 0.4) is 0 Å². The van der Waals surface area contributed by atoms with Crippen LogP contribution in [0.2, 0.25) is 0 Å². The van der Waals surface area contributed by atoms with Crippen LogP contribution in [0.25, 0.3) is 11.4 Å². The third-order valence-electron chi connectivity index (χ3n) is 2.58. The summed E-state index contributed by atoms with van der Waals surface area (Å²) in [7, 11) is 0. The fraction of sp³-hybridized carbons (Fsp3) is 0.333. The Balaban J connectivity index is 2.56. The minimum Gasteiger partial charge on any atom is -0.354 e. The van der Waals surface area contributed by atoms with Crippen molar-refractivity contribution in [3.8, 4) is 11.4 Å². The molecule has 20 heavy (non-hydrogen) atoms. The number of nitrogens with zero attached hydrogens (tertiary/aromatic N) is 5. The van der Waals surface area contributed by atoms with Crippen LogP contribution in [0.4, 0.5) is 11.6 Å². The van der Waals surface area contributed by atoms with Crippen LogP contribution in [-0.2, 0) is 0 Å². The smallest absolute Gasteiger partial charge is 0.318 e. The minimum atomic E-state index is -0.497. The van der Waals surface area contributed by atoms with Crippen molar-refractivity contribution in [3.05, 3.63) is 34.4 Å². The first kappa shape index (κ1) is 13.8. The van der Waals surface area contributed by atoms with E-state index in [9.17, 15) is 10.1 Å². The lowest BCUT2D eigenvalue weighted by Crippen LogP contribution is -2.09. The van der Waals surface area contributed by atoms with Crippen molar-refractivity contribution < 1.29 is 4.92 Å². The van der Waals surface area contributed by atoms with Crippen LogP contribution < -0.4 is 5.32 Å². The molecule has 0 saturated heterocycles. The SMILES string of the molecule is CCCNc1nc(C)c([N+](=O)[O-])c(-c2cnccn2)n1. The van der Waals surface area contributed by atoms with Gasteiger partial charge in [0.05, 0.1) is 11.1 Å². The summed E-state index contributed by atoms with van der Waals surface area (Å²) in [5.41, 5.74) is 0.676. The molecule has 0 bridgehead atoms. The molecule has 0 aliphatic heterocycles. The van der Waals surface area contributed by atoms with Gasteiger partial charge in [0.15, 0.2) is 5.69 Å². The van der Waals surface area contributed by atoms with Gasteiger partial charge in [-0.3, -0.25) is 20.1 Å². The van der Waals surface area contributed by atoms with E-state index in [0.29, 0.717) is 23.9 Å². The van der Waals surface area contributed by atoms with Crippen molar-refractivity contribution in [2.45, 2.75) is 20.3 Å². The third-order valence-corrected chi connectivity index (χ3v) is 2.58. The van der Waals surface area contributed by atoms with E-state index in [0.717, 1.165) is 6.42 Å². The molecule has 2 heterocycles. The predicted molar refractivity (Wildman–Crippen MR) is 73.2 cm³/mol. The van der Waals surface area contributed by atoms with Crippen molar-refractivity contribution in [3.63, 3.8) is 0 Å². The average molecular weight is 274 g/mol. The molecule has 0 spiro atoms. The van der Waals surface area contributed by atoms with Crippen LogP contribution in [0, 0.1) is 17.0 Å². The Bertz CT molecular complexity index is 617. The van der Waals surface area contributed by atoms with Crippen LogP contribution in [-0.4, -0.2) is 31.4 Å². The molecule has 8 heteroatoms. The lowest BCUT2D eigenvalue weighted by Gasteiger charge is -2.08. The maximum Gasteiger partial charge on any atom is 0.318 e. The topological polar surface area (TPSA) is 107 Å². The van der Waals surface area contributed by atoms with E-state index < -0.39 is 4.92 Å². The maximum atomic E-state index is 11.2. The van der Waals surface area contributed by atoms with E-state index in [2.05, 4.69) is 25.3 Å². The minimum absolute atomic E-state index is 0.146. The fourth-order valence-corrected chi connectivity index (χ4v) is 1.70. The molecule has 0 aliphatic rings. The molecule has 104 valence electrons. The van der Waals surface area contributed by atoms with E-state index in [1.165, 1.54) is 18.6 Å². The summed E-state index contributed by atoms with van der Waals surface area (Å²) in [5.74, 6) is 0.357. The molecule has 0 fully saturated rings. The van der Waals surface area contributed by atoms with Gasteiger partial charge in [0.25, 0.3) is 0 Å². The number of aromatic nitrogens is 4. The zero-order chi connectivity index (χ0) is 14.5. The Morgan fingerprint density at radius 2 is 2.15 bits per heavy atom. The van der Waals surface area contributed by atoms with Gasteiger partial charge < -0.3 is 5.32 Å². The van der Waals surface area contributed by atoms with Crippen LogP contribution in [0.1, 0.15) is 19.0 Å². The van der Waals surface area contributed by atoms with Gasteiger partial charge in [-0.1, -0.05) is 6.92 Å². The lowest BCUT2D eigenvalue weighted by molar-refractivity contribution is -0.385. The van der Waals surface area contributed by atoms with Gasteiger partial charge in [0, 0.05) is 18.9 Å². The number of anilines is 1. The molecule has 0 aromatic carbocycles. The average Bonchev–Trinajstić information content (AvgIpc) is 2.45. The van der Waals surface area contributed by atoms with Gasteiger partial charge in [-0.2, -0.15) is 0 Å². The molecular formula is C12H14N6O2. The monoisotopic (exact) mass is 274 g/mol. The second kappa shape index (κ2) is 6.00. The van der Waals surface area contributed by atoms with E-state index in [4.69, 9.17) is 0 Å². The van der Waals surface area contributed by atoms with Crippen molar-refractivity contribution in [1.82, 2.24) is 19.9 Å². The Kier molecular flexibility index (Phi) is 4.14. The second-order valence-electron chi connectivity index (χ2n) is 4.10. The van der Waals surface area contributed by atoms with Crippen molar-refractivity contribution in [2.75, 3.05) is 11.9 Å². The Morgan fingerprint density at radius 1 is 1.35 bits per heavy atom. The molecule has 2 aromatic rings. The molecule has 2 rings (SSSR count). The number of nitro groups is 1. The summed E-state index contributed by atoms with van der Waals surface area (Å²) in [6.07, 6.45) is 5.31. The summed E-state index contributed by atoms with van der Waals surface area (Å²) in [6, 6.07) is 0. The second-order valence-corrected chi connectivity index (χ2v) is 4.10. The third kappa shape index (κ3) is 2.85. The van der Waals surface area contributed by atoms with Gasteiger partial charge in [0.1, 0.15) is 11.4 Å². The number of hydrogen-bond acceptors (Lipinski definition) is 7. The highest BCUT2D eigenvalue weighted by Gasteiger charge is 2.24. The number of nitrogens with one attached hydrogen (secondary N) is 1. The molecule has 0 saturated carbocycles. The Morgan fingerprint density at radius 3 is 2.75 bits per heavy atom. The highest BCUT2D eigenvalue weighted by molar-refractivity contribution is 5.68. The fourth-order valence-electron chi connectivity index (χ4n) is 1.70. The van der Waals surface area contributed by atoms with Gasteiger partial charge in [-0.15, -0.1) is 0 Å². The first-order chi connectivity index (χ1) is 9.63. The normalized spacial score (nSPS) is 10.3. The summed E-state index contributed by atoms with van der Waals surface area (Å²) in [5, 5.41) is 14.2. The van der Waals surface area contributed by atoms with Crippen molar-refractivity contribution >= 4 is 11.6 Å². The Hall–Kier alpha value is -2.64. The highest BCUT2D eigenvalue weighted by Crippen LogP contribution is 2.29. The van der Waals surface area contributed by atoms with Crippen molar-refractivity contribution in [1.29, 1.82) is 0 Å². The molecule has 8 nitrogen and oxygen atoms in total. The number of aryl methyl sites for hydroxylation is 1. The lowest BCUT2D eigenvalue weighted by atomic mass is 10.2. The molecule has 0 radical (unpaired) electrons. The maximum absolute atomic E-state index is 11.2. The molecule has 1 N–H and O–H groups in total. The van der Waals surface area contributed by atoms with Crippen molar-refractivity contribution in [2.24, 2.45) is 0 Å². The summed E-state index contributed by atoms with van der Waals surface area (Å²) in [6.45, 7) is 4.28. The van der Waals surface area contributed by atoms with E-state index in [-0.39, 0.29) is 11.4 Å². The molecule has 0 unspecified atom stereocenters. The quantitative estimate of drug-likeness (QED) is 0.656. The van der Waals surface area contributed by atoms with Crippen LogP contribution in [0.15, 0.2) is 18.6 Å². The van der Waals surface area contributed by atoms with E-state index in [1.54, 1.807) is 6.92 Å². The first-order valence-corrected chi connectivity index (χ1v) is 6.16. The summed E-state index contributed by atoms with van der Waals surface area (Å²) in [4.78, 5) is 27.0. The Labute approximate surface area is 115 Å². The van der Waals surface area contributed by atoms with Gasteiger partial charge in [-0.25, -0.2) is 9.97 Å². The number of rotatable bonds is 5. The zero-order valence-electron chi connectivity index (χ0n) is 11.2. The molecule has 0 amide bonds. The van der Waals surface area contributed by atoms with Gasteiger partial charge >= 0.3 is 5.69 Å². The molecule has 2 aromatic heterocycles. The van der Waals surface area contributed by atoms with Gasteiger partial charge in [-0.05, 0) is 13.3 Å². The standard InChI is InChI=1S/C12H14N6O2/c1-3-4-15-12-16-8(2)11(18(19)20)10(17-12)9-7-13-5-6-14-9/h5-7H,3-4H2,1-2H3,(H,15,16,17). The molecular weight excluding hydrogens is 260 g/mol. The van der Waals surface area contributed by atoms with Crippen LogP contribution >= 0.6 is 0 Å². The summed E-state index contributed by atoms with van der Waals surface area (Å²) >= 11 is 0. The van der Waals surface area contributed by atoms with Gasteiger partial charge in [0.2, 0.25) is 5.95 Å². The summed E-state index contributed by atoms with van der Waals surface area (Å²) < 4.78 is 0. The number of hydrogen-bond donors (Lipinski definition) is 1.